The van der Waals surface area contributed by atoms with Crippen molar-refractivity contribution in [3.8, 4) is 0 Å². The quantitative estimate of drug-likeness (QED) is 0.820. The lowest BCUT2D eigenvalue weighted by atomic mass is 9.91. The van der Waals surface area contributed by atoms with Crippen LogP contribution in [-0.2, 0) is 22.7 Å². The van der Waals surface area contributed by atoms with Crippen molar-refractivity contribution >= 4 is 6.09 Å². The van der Waals surface area contributed by atoms with Gasteiger partial charge in [-0.1, -0.05) is 12.1 Å². The van der Waals surface area contributed by atoms with Gasteiger partial charge < -0.3 is 14.8 Å². The molecule has 1 amide bonds. The van der Waals surface area contributed by atoms with Gasteiger partial charge >= 0.3 is 6.09 Å². The highest BCUT2D eigenvalue weighted by Gasteiger charge is 2.40. The maximum Gasteiger partial charge on any atom is 0.410 e. The number of amides is 1. The number of carbonyl (C=O) groups excluding carboxylic acids is 1. The van der Waals surface area contributed by atoms with Gasteiger partial charge in [0, 0.05) is 38.8 Å². The van der Waals surface area contributed by atoms with Gasteiger partial charge in [0.15, 0.2) is 0 Å². The van der Waals surface area contributed by atoms with Crippen molar-refractivity contribution in [3.63, 3.8) is 0 Å². The average Bonchev–Trinajstić information content (AvgIpc) is 3.09. The third kappa shape index (κ3) is 3.71. The second-order valence-electron chi connectivity index (χ2n) is 8.91. The number of benzene rings is 1. The second-order valence-corrected chi connectivity index (χ2v) is 8.91. The molecule has 0 aromatic heterocycles. The predicted octanol–water partition coefficient (Wildman–Crippen LogP) is 2.59. The van der Waals surface area contributed by atoms with Crippen LogP contribution in [0.4, 0.5) is 4.79 Å². The Morgan fingerprint density at radius 1 is 1.26 bits per heavy atom. The van der Waals surface area contributed by atoms with Gasteiger partial charge in [0.2, 0.25) is 0 Å². The molecule has 2 saturated heterocycles. The molecule has 0 aliphatic carbocycles. The van der Waals surface area contributed by atoms with Crippen molar-refractivity contribution in [3.05, 3.63) is 34.4 Å². The predicted molar refractivity (Wildman–Crippen MR) is 104 cm³/mol. The Labute approximate surface area is 161 Å². The van der Waals surface area contributed by atoms with E-state index < -0.39 is 5.60 Å². The van der Waals surface area contributed by atoms with Crippen LogP contribution >= 0.6 is 0 Å². The number of ether oxygens (including phenoxy) is 2. The Kier molecular flexibility index (Phi) is 4.91. The zero-order valence-corrected chi connectivity index (χ0v) is 16.9. The fourth-order valence-electron chi connectivity index (χ4n) is 4.48. The SMILES string of the molecule is Cc1c([C@H]2CN3CCNC[C@H]3CN2C(=O)OC(C)(C)C)ccc2c1COC2. The lowest BCUT2D eigenvalue weighted by Gasteiger charge is -2.48. The molecule has 0 bridgehead atoms. The molecular formula is C21H31N3O3. The Balaban J connectivity index is 1.67. The van der Waals surface area contributed by atoms with Crippen molar-refractivity contribution < 1.29 is 14.3 Å². The fourth-order valence-corrected chi connectivity index (χ4v) is 4.48. The zero-order valence-electron chi connectivity index (χ0n) is 16.9. The first-order chi connectivity index (χ1) is 12.8. The van der Waals surface area contributed by atoms with Crippen LogP contribution in [0.1, 0.15) is 49.1 Å². The number of rotatable bonds is 1. The molecule has 1 aromatic rings. The molecule has 6 heteroatoms. The summed E-state index contributed by atoms with van der Waals surface area (Å²) in [7, 11) is 0. The summed E-state index contributed by atoms with van der Waals surface area (Å²) in [6.07, 6.45) is -0.214. The molecule has 6 nitrogen and oxygen atoms in total. The van der Waals surface area contributed by atoms with Crippen molar-refractivity contribution in [1.82, 2.24) is 15.1 Å². The van der Waals surface area contributed by atoms with Crippen LogP contribution in [0.5, 0.6) is 0 Å². The summed E-state index contributed by atoms with van der Waals surface area (Å²) in [6, 6.07) is 4.72. The minimum Gasteiger partial charge on any atom is -0.444 e. The van der Waals surface area contributed by atoms with Gasteiger partial charge in [-0.2, -0.15) is 0 Å². The molecule has 1 aromatic carbocycles. The van der Waals surface area contributed by atoms with E-state index in [0.717, 1.165) is 26.2 Å². The van der Waals surface area contributed by atoms with E-state index in [1.54, 1.807) is 0 Å². The normalized spacial score (nSPS) is 25.9. The second kappa shape index (κ2) is 7.08. The van der Waals surface area contributed by atoms with Gasteiger partial charge in [0.25, 0.3) is 0 Å². The van der Waals surface area contributed by atoms with Crippen LogP contribution in [0.2, 0.25) is 0 Å². The van der Waals surface area contributed by atoms with Crippen LogP contribution < -0.4 is 5.32 Å². The van der Waals surface area contributed by atoms with Gasteiger partial charge in [0.1, 0.15) is 5.60 Å². The Bertz CT molecular complexity index is 728. The highest BCUT2D eigenvalue weighted by atomic mass is 16.6. The first-order valence-electron chi connectivity index (χ1n) is 9.97. The molecule has 2 atom stereocenters. The van der Waals surface area contributed by atoms with Crippen LogP contribution in [0.15, 0.2) is 12.1 Å². The highest BCUT2D eigenvalue weighted by molar-refractivity contribution is 5.69. The number of hydrogen-bond acceptors (Lipinski definition) is 5. The molecule has 4 rings (SSSR count). The van der Waals surface area contributed by atoms with Gasteiger partial charge in [0.05, 0.1) is 19.3 Å². The Morgan fingerprint density at radius 2 is 2.07 bits per heavy atom. The van der Waals surface area contributed by atoms with E-state index in [1.807, 2.05) is 25.7 Å². The molecule has 0 unspecified atom stereocenters. The number of carbonyl (C=O) groups is 1. The number of nitrogens with one attached hydrogen (secondary N) is 1. The maximum absolute atomic E-state index is 13.1. The van der Waals surface area contributed by atoms with Gasteiger partial charge in [-0.15, -0.1) is 0 Å². The van der Waals surface area contributed by atoms with E-state index in [4.69, 9.17) is 9.47 Å². The van der Waals surface area contributed by atoms with Crippen LogP contribution in [-0.4, -0.2) is 60.3 Å². The molecular weight excluding hydrogens is 342 g/mol. The van der Waals surface area contributed by atoms with Crippen molar-refractivity contribution in [2.75, 3.05) is 32.7 Å². The third-order valence-corrected chi connectivity index (χ3v) is 5.89. The summed E-state index contributed by atoms with van der Waals surface area (Å²) in [5.41, 5.74) is 4.55. The van der Waals surface area contributed by atoms with E-state index in [1.165, 1.54) is 22.3 Å². The average molecular weight is 373 g/mol. The summed E-state index contributed by atoms with van der Waals surface area (Å²) in [6.45, 7) is 13.8. The molecule has 3 aliphatic rings. The molecule has 3 aliphatic heterocycles. The zero-order chi connectivity index (χ0) is 19.2. The molecule has 0 radical (unpaired) electrons. The topological polar surface area (TPSA) is 54.0 Å². The van der Waals surface area contributed by atoms with E-state index in [-0.39, 0.29) is 12.1 Å². The number of nitrogens with zero attached hydrogens (tertiary/aromatic N) is 2. The van der Waals surface area contributed by atoms with Crippen molar-refractivity contribution in [2.24, 2.45) is 0 Å². The van der Waals surface area contributed by atoms with Crippen LogP contribution in [0.25, 0.3) is 0 Å². The third-order valence-electron chi connectivity index (χ3n) is 5.89. The first-order valence-corrected chi connectivity index (χ1v) is 9.97. The smallest absolute Gasteiger partial charge is 0.410 e. The molecule has 1 N–H and O–H groups in total. The monoisotopic (exact) mass is 373 g/mol. The Hall–Kier alpha value is -1.63. The van der Waals surface area contributed by atoms with E-state index in [2.05, 4.69) is 29.3 Å². The Morgan fingerprint density at radius 3 is 2.85 bits per heavy atom. The fraction of sp³-hybridized carbons (Fsp3) is 0.667. The van der Waals surface area contributed by atoms with Crippen LogP contribution in [0, 0.1) is 6.92 Å². The first kappa shape index (κ1) is 18.7. The lowest BCUT2D eigenvalue weighted by molar-refractivity contribution is -0.0213. The lowest BCUT2D eigenvalue weighted by Crippen LogP contribution is -2.63. The standard InChI is InChI=1S/C21H31N3O3/c1-14-17(6-5-15-12-26-13-18(14)15)19-11-23-8-7-22-9-16(23)10-24(19)20(25)27-21(2,3)4/h5-6,16,19,22H,7-13H2,1-4H3/t16-,19+/m0/s1. The maximum atomic E-state index is 13.1. The summed E-state index contributed by atoms with van der Waals surface area (Å²) in [5, 5.41) is 3.45. The molecule has 27 heavy (non-hydrogen) atoms. The van der Waals surface area contributed by atoms with Crippen LogP contribution in [0.3, 0.4) is 0 Å². The van der Waals surface area contributed by atoms with E-state index >= 15 is 0 Å². The summed E-state index contributed by atoms with van der Waals surface area (Å²) < 4.78 is 11.4. The van der Waals surface area contributed by atoms with Crippen molar-refractivity contribution in [2.45, 2.75) is 58.6 Å². The molecule has 148 valence electrons. The van der Waals surface area contributed by atoms with E-state index in [0.29, 0.717) is 25.8 Å². The van der Waals surface area contributed by atoms with E-state index in [9.17, 15) is 4.79 Å². The highest BCUT2D eigenvalue weighted by Crippen LogP contribution is 2.35. The molecule has 0 saturated carbocycles. The molecule has 2 fully saturated rings. The van der Waals surface area contributed by atoms with Gasteiger partial charge in [-0.3, -0.25) is 9.80 Å². The number of piperazine rings is 2. The number of hydrogen-bond donors (Lipinski definition) is 1. The largest absolute Gasteiger partial charge is 0.444 e. The van der Waals surface area contributed by atoms with Crippen molar-refractivity contribution in [1.29, 1.82) is 0 Å². The minimum atomic E-state index is -0.496. The summed E-state index contributed by atoms with van der Waals surface area (Å²) >= 11 is 0. The minimum absolute atomic E-state index is 0.0140. The summed E-state index contributed by atoms with van der Waals surface area (Å²) in [5.74, 6) is 0. The molecule has 0 spiro atoms. The number of fused-ring (bicyclic) bond motifs is 2. The van der Waals surface area contributed by atoms with Gasteiger partial charge in [-0.05, 0) is 49.9 Å². The molecule has 3 heterocycles. The summed E-state index contributed by atoms with van der Waals surface area (Å²) in [4.78, 5) is 17.5. The van der Waals surface area contributed by atoms with Gasteiger partial charge in [-0.25, -0.2) is 4.79 Å².